The van der Waals surface area contributed by atoms with Crippen LogP contribution in [0.25, 0.3) is 0 Å². The van der Waals surface area contributed by atoms with Gasteiger partial charge in [0.2, 0.25) is 0 Å². The number of hydrogen-bond donors (Lipinski definition) is 2. The summed E-state index contributed by atoms with van der Waals surface area (Å²) in [6.45, 7) is 0.375. The molecule has 0 aromatic heterocycles. The maximum Gasteiger partial charge on any atom is 0.263 e. The van der Waals surface area contributed by atoms with Crippen molar-refractivity contribution in [3.05, 3.63) is 29.8 Å². The third kappa shape index (κ3) is 3.44. The fourth-order valence-electron chi connectivity index (χ4n) is 1.93. The van der Waals surface area contributed by atoms with Crippen LogP contribution >= 0.6 is 0 Å². The van der Waals surface area contributed by atoms with Crippen molar-refractivity contribution < 1.29 is 14.3 Å². The second-order valence-electron chi connectivity index (χ2n) is 4.28. The zero-order chi connectivity index (χ0) is 13.7. The van der Waals surface area contributed by atoms with E-state index >= 15 is 0 Å². The average Bonchev–Trinajstić information content (AvgIpc) is 2.93. The summed E-state index contributed by atoms with van der Waals surface area (Å²) < 4.78 is 11.1. The minimum atomic E-state index is -0.487. The number of carbonyl (C=O) groups is 1. The molecule has 3 N–H and O–H groups in total. The Kier molecular flexibility index (Phi) is 4.34. The maximum absolute atomic E-state index is 11.3. The predicted molar refractivity (Wildman–Crippen MR) is 66.9 cm³/mol. The van der Waals surface area contributed by atoms with E-state index in [1.165, 1.54) is 0 Å². The Morgan fingerprint density at radius 1 is 1.47 bits per heavy atom. The van der Waals surface area contributed by atoms with Crippen LogP contribution in [0.4, 0.5) is 0 Å². The lowest BCUT2D eigenvalue weighted by atomic mass is 10.2. The molecule has 1 aliphatic heterocycles. The van der Waals surface area contributed by atoms with Crippen molar-refractivity contribution in [3.8, 4) is 11.8 Å². The van der Waals surface area contributed by atoms with E-state index < -0.39 is 6.10 Å². The summed E-state index contributed by atoms with van der Waals surface area (Å²) in [6.07, 6.45) is 0.802. The van der Waals surface area contributed by atoms with Crippen LogP contribution in [-0.2, 0) is 9.53 Å². The van der Waals surface area contributed by atoms with E-state index in [1.54, 1.807) is 24.3 Å². The Bertz CT molecular complexity index is 481. The molecule has 1 saturated heterocycles. The zero-order valence-corrected chi connectivity index (χ0v) is 10.3. The lowest BCUT2D eigenvalue weighted by molar-refractivity contribution is -0.132. The van der Waals surface area contributed by atoms with Gasteiger partial charge in [-0.05, 0) is 37.1 Å². The Morgan fingerprint density at radius 3 is 2.84 bits per heavy atom. The highest BCUT2D eigenvalue weighted by atomic mass is 16.5. The van der Waals surface area contributed by atoms with Crippen LogP contribution in [-0.4, -0.2) is 24.7 Å². The highest BCUT2D eigenvalue weighted by Gasteiger charge is 2.30. The SMILES string of the molecule is N#Cc1ccc(OCC2CCC(C(=O)NN)O2)cc1. The summed E-state index contributed by atoms with van der Waals surface area (Å²) in [5, 5.41) is 8.68. The molecule has 1 aliphatic rings. The molecule has 2 unspecified atom stereocenters. The number of benzene rings is 1. The van der Waals surface area contributed by atoms with Crippen LogP contribution in [0.3, 0.4) is 0 Å². The van der Waals surface area contributed by atoms with Crippen molar-refractivity contribution in [1.29, 1.82) is 5.26 Å². The maximum atomic E-state index is 11.3. The first kappa shape index (κ1) is 13.3. The van der Waals surface area contributed by atoms with Crippen LogP contribution < -0.4 is 16.0 Å². The molecule has 0 aliphatic carbocycles. The largest absolute Gasteiger partial charge is 0.491 e. The van der Waals surface area contributed by atoms with Crippen LogP contribution in [0.2, 0.25) is 0 Å². The molecule has 2 atom stereocenters. The van der Waals surface area contributed by atoms with Crippen molar-refractivity contribution in [2.75, 3.05) is 6.61 Å². The molecule has 0 spiro atoms. The van der Waals surface area contributed by atoms with E-state index in [0.717, 1.165) is 6.42 Å². The Balaban J connectivity index is 1.80. The van der Waals surface area contributed by atoms with Gasteiger partial charge >= 0.3 is 0 Å². The molecule has 1 amide bonds. The van der Waals surface area contributed by atoms with E-state index in [2.05, 4.69) is 5.43 Å². The average molecular weight is 261 g/mol. The number of hydrogen-bond acceptors (Lipinski definition) is 5. The van der Waals surface area contributed by atoms with E-state index in [-0.39, 0.29) is 12.0 Å². The van der Waals surface area contributed by atoms with Crippen molar-refractivity contribution in [1.82, 2.24) is 5.43 Å². The highest BCUT2D eigenvalue weighted by molar-refractivity contribution is 5.80. The molecule has 2 rings (SSSR count). The molecule has 19 heavy (non-hydrogen) atoms. The number of amides is 1. The third-order valence-electron chi connectivity index (χ3n) is 2.96. The van der Waals surface area contributed by atoms with Crippen LogP contribution in [0.5, 0.6) is 5.75 Å². The number of hydrazine groups is 1. The van der Waals surface area contributed by atoms with Gasteiger partial charge in [-0.25, -0.2) is 5.84 Å². The van der Waals surface area contributed by atoms with Crippen LogP contribution in [0, 0.1) is 11.3 Å². The molecule has 0 saturated carbocycles. The van der Waals surface area contributed by atoms with Gasteiger partial charge in [-0.3, -0.25) is 10.2 Å². The van der Waals surface area contributed by atoms with Crippen molar-refractivity contribution in [3.63, 3.8) is 0 Å². The first-order chi connectivity index (χ1) is 9.22. The number of rotatable bonds is 4. The lowest BCUT2D eigenvalue weighted by Crippen LogP contribution is -2.39. The van der Waals surface area contributed by atoms with Crippen molar-refractivity contribution >= 4 is 5.91 Å². The fourth-order valence-corrected chi connectivity index (χ4v) is 1.93. The van der Waals surface area contributed by atoms with Gasteiger partial charge in [-0.1, -0.05) is 0 Å². The number of nitrogens with zero attached hydrogens (tertiary/aromatic N) is 1. The van der Waals surface area contributed by atoms with Gasteiger partial charge in [-0.2, -0.15) is 5.26 Å². The fraction of sp³-hybridized carbons (Fsp3) is 0.385. The molecule has 1 heterocycles. The smallest absolute Gasteiger partial charge is 0.263 e. The van der Waals surface area contributed by atoms with E-state index in [0.29, 0.717) is 24.3 Å². The summed E-state index contributed by atoms with van der Waals surface area (Å²) in [5.41, 5.74) is 2.67. The number of ether oxygens (including phenoxy) is 2. The summed E-state index contributed by atoms with van der Waals surface area (Å²) in [5.74, 6) is 5.42. The normalized spacial score (nSPS) is 21.7. The van der Waals surface area contributed by atoms with Crippen LogP contribution in [0.15, 0.2) is 24.3 Å². The summed E-state index contributed by atoms with van der Waals surface area (Å²) in [4.78, 5) is 11.3. The third-order valence-corrected chi connectivity index (χ3v) is 2.96. The summed E-state index contributed by atoms with van der Waals surface area (Å²) in [6, 6.07) is 8.89. The van der Waals surface area contributed by atoms with E-state index in [1.807, 2.05) is 6.07 Å². The second kappa shape index (κ2) is 6.18. The van der Waals surface area contributed by atoms with Gasteiger partial charge in [-0.15, -0.1) is 0 Å². The van der Waals surface area contributed by atoms with Gasteiger partial charge in [0.05, 0.1) is 17.7 Å². The Labute approximate surface area is 111 Å². The summed E-state index contributed by atoms with van der Waals surface area (Å²) >= 11 is 0. The Morgan fingerprint density at radius 2 is 2.21 bits per heavy atom. The molecule has 6 nitrogen and oxygen atoms in total. The number of nitrogens with two attached hydrogens (primary N) is 1. The highest BCUT2D eigenvalue weighted by Crippen LogP contribution is 2.21. The van der Waals surface area contributed by atoms with Gasteiger partial charge in [0, 0.05) is 0 Å². The topological polar surface area (TPSA) is 97.4 Å². The zero-order valence-electron chi connectivity index (χ0n) is 10.3. The van der Waals surface area contributed by atoms with Gasteiger partial charge in [0.15, 0.2) is 0 Å². The van der Waals surface area contributed by atoms with E-state index in [9.17, 15) is 4.79 Å². The molecular formula is C13H15N3O3. The minimum absolute atomic E-state index is 0.113. The molecular weight excluding hydrogens is 246 g/mol. The quantitative estimate of drug-likeness (QED) is 0.466. The van der Waals surface area contributed by atoms with Crippen molar-refractivity contribution in [2.45, 2.75) is 25.0 Å². The first-order valence-electron chi connectivity index (χ1n) is 6.02. The van der Waals surface area contributed by atoms with Crippen LogP contribution in [0.1, 0.15) is 18.4 Å². The first-order valence-corrected chi connectivity index (χ1v) is 6.02. The van der Waals surface area contributed by atoms with Gasteiger partial charge in [0.1, 0.15) is 18.5 Å². The molecule has 1 aromatic carbocycles. The predicted octanol–water partition coefficient (Wildman–Crippen LogP) is 0.475. The molecule has 6 heteroatoms. The lowest BCUT2D eigenvalue weighted by Gasteiger charge is -2.13. The van der Waals surface area contributed by atoms with Gasteiger partial charge in [0.25, 0.3) is 5.91 Å². The number of nitrogens with one attached hydrogen (secondary N) is 1. The van der Waals surface area contributed by atoms with E-state index in [4.69, 9.17) is 20.6 Å². The molecule has 100 valence electrons. The molecule has 1 aromatic rings. The standard InChI is InChI=1S/C13H15N3O3/c14-7-9-1-3-10(4-2-9)18-8-11-5-6-12(19-11)13(17)16-15/h1-4,11-12H,5-6,8,15H2,(H,16,17). The number of carbonyl (C=O) groups excluding carboxylic acids is 1. The Hall–Kier alpha value is -2.10. The molecule has 0 radical (unpaired) electrons. The summed E-state index contributed by atoms with van der Waals surface area (Å²) in [7, 11) is 0. The minimum Gasteiger partial charge on any atom is -0.491 e. The number of nitriles is 1. The van der Waals surface area contributed by atoms with Crippen molar-refractivity contribution in [2.24, 2.45) is 5.84 Å². The molecule has 0 bridgehead atoms. The monoisotopic (exact) mass is 261 g/mol. The molecule has 1 fully saturated rings. The second-order valence-corrected chi connectivity index (χ2v) is 4.28. The van der Waals surface area contributed by atoms with Gasteiger partial charge < -0.3 is 9.47 Å².